The van der Waals surface area contributed by atoms with Gasteiger partial charge in [0.25, 0.3) is 5.91 Å². The second-order valence-corrected chi connectivity index (χ2v) is 5.54. The van der Waals surface area contributed by atoms with E-state index in [1.54, 1.807) is 4.68 Å². The minimum absolute atomic E-state index is 0.0586. The van der Waals surface area contributed by atoms with E-state index in [4.69, 9.17) is 0 Å². The van der Waals surface area contributed by atoms with Crippen LogP contribution in [0.25, 0.3) is 11.0 Å². The molecule has 1 N–H and O–H groups in total. The van der Waals surface area contributed by atoms with Gasteiger partial charge in [-0.3, -0.25) is 4.79 Å². The molecular formula is C17H18N4O. The normalized spacial score (nSPS) is 10.9. The summed E-state index contributed by atoms with van der Waals surface area (Å²) in [7, 11) is 1.86. The van der Waals surface area contributed by atoms with Gasteiger partial charge in [0.15, 0.2) is 0 Å². The third-order valence-corrected chi connectivity index (χ3v) is 3.75. The second-order valence-electron chi connectivity index (χ2n) is 5.54. The molecule has 5 heteroatoms. The number of aromatic nitrogens is 3. The van der Waals surface area contributed by atoms with Gasteiger partial charge in [-0.05, 0) is 43.2 Å². The standard InChI is InChI=1S/C17H18N4O/c1-11-4-6-14(12(2)8-11)17(22)18-10-13-5-7-16-15(9-13)19-20-21(16)3/h4-9H,10H2,1-3H3,(H,18,22). The lowest BCUT2D eigenvalue weighted by Crippen LogP contribution is -2.23. The Morgan fingerprint density at radius 1 is 1.18 bits per heavy atom. The lowest BCUT2D eigenvalue weighted by Gasteiger charge is -2.08. The van der Waals surface area contributed by atoms with Gasteiger partial charge in [-0.15, -0.1) is 5.10 Å². The van der Waals surface area contributed by atoms with Crippen molar-refractivity contribution in [3.05, 3.63) is 58.7 Å². The first kappa shape index (κ1) is 14.3. The molecule has 0 aliphatic rings. The lowest BCUT2D eigenvalue weighted by molar-refractivity contribution is 0.0950. The molecule has 0 aliphatic carbocycles. The fourth-order valence-electron chi connectivity index (χ4n) is 2.54. The molecule has 22 heavy (non-hydrogen) atoms. The van der Waals surface area contributed by atoms with Gasteiger partial charge < -0.3 is 5.32 Å². The van der Waals surface area contributed by atoms with Gasteiger partial charge in [0.2, 0.25) is 0 Å². The number of amides is 1. The Balaban J connectivity index is 1.74. The maximum Gasteiger partial charge on any atom is 0.251 e. The number of nitrogens with one attached hydrogen (secondary N) is 1. The first-order valence-corrected chi connectivity index (χ1v) is 7.18. The molecule has 3 aromatic rings. The van der Waals surface area contributed by atoms with Crippen molar-refractivity contribution in [2.24, 2.45) is 7.05 Å². The number of nitrogens with zero attached hydrogens (tertiary/aromatic N) is 3. The van der Waals surface area contributed by atoms with Gasteiger partial charge in [-0.25, -0.2) is 4.68 Å². The van der Waals surface area contributed by atoms with Crippen LogP contribution in [0.5, 0.6) is 0 Å². The van der Waals surface area contributed by atoms with Crippen LogP contribution in [0.15, 0.2) is 36.4 Å². The van der Waals surface area contributed by atoms with Gasteiger partial charge in [0, 0.05) is 19.2 Å². The molecule has 1 amide bonds. The monoisotopic (exact) mass is 294 g/mol. The van der Waals surface area contributed by atoms with Crippen molar-refractivity contribution >= 4 is 16.9 Å². The van der Waals surface area contributed by atoms with Crippen LogP contribution in [0, 0.1) is 13.8 Å². The Morgan fingerprint density at radius 2 is 2.00 bits per heavy atom. The summed E-state index contributed by atoms with van der Waals surface area (Å²) >= 11 is 0. The van der Waals surface area contributed by atoms with E-state index in [1.807, 2.05) is 57.3 Å². The second kappa shape index (κ2) is 5.60. The van der Waals surface area contributed by atoms with Crippen molar-refractivity contribution in [2.45, 2.75) is 20.4 Å². The van der Waals surface area contributed by atoms with Crippen molar-refractivity contribution < 1.29 is 4.79 Å². The van der Waals surface area contributed by atoms with Crippen LogP contribution < -0.4 is 5.32 Å². The van der Waals surface area contributed by atoms with Gasteiger partial charge >= 0.3 is 0 Å². The highest BCUT2D eigenvalue weighted by Gasteiger charge is 2.09. The Kier molecular flexibility index (Phi) is 3.63. The van der Waals surface area contributed by atoms with Gasteiger partial charge in [-0.2, -0.15) is 0 Å². The molecule has 0 radical (unpaired) electrons. The molecule has 3 rings (SSSR count). The summed E-state index contributed by atoms with van der Waals surface area (Å²) in [5.41, 5.74) is 5.67. The number of benzene rings is 2. The Hall–Kier alpha value is -2.69. The Morgan fingerprint density at radius 3 is 2.77 bits per heavy atom. The number of hydrogen-bond donors (Lipinski definition) is 1. The average molecular weight is 294 g/mol. The molecule has 1 heterocycles. The fraction of sp³-hybridized carbons (Fsp3) is 0.235. The Bertz CT molecular complexity index is 851. The van der Waals surface area contributed by atoms with Crippen LogP contribution in [0.1, 0.15) is 27.0 Å². The minimum Gasteiger partial charge on any atom is -0.348 e. The quantitative estimate of drug-likeness (QED) is 0.807. The first-order chi connectivity index (χ1) is 10.5. The van der Waals surface area contributed by atoms with E-state index >= 15 is 0 Å². The first-order valence-electron chi connectivity index (χ1n) is 7.18. The summed E-state index contributed by atoms with van der Waals surface area (Å²) in [4.78, 5) is 12.3. The smallest absolute Gasteiger partial charge is 0.251 e. The van der Waals surface area contributed by atoms with Crippen LogP contribution in [-0.2, 0) is 13.6 Å². The zero-order valence-electron chi connectivity index (χ0n) is 12.9. The number of carbonyl (C=O) groups is 1. The van der Waals surface area contributed by atoms with E-state index in [-0.39, 0.29) is 5.91 Å². The number of fused-ring (bicyclic) bond motifs is 1. The van der Waals surface area contributed by atoms with Gasteiger partial charge in [-0.1, -0.05) is 29.0 Å². The maximum atomic E-state index is 12.3. The summed E-state index contributed by atoms with van der Waals surface area (Å²) in [5, 5.41) is 11.0. The SMILES string of the molecule is Cc1ccc(C(=O)NCc2ccc3c(c2)nnn3C)c(C)c1. The van der Waals surface area contributed by atoms with E-state index in [2.05, 4.69) is 15.6 Å². The van der Waals surface area contributed by atoms with E-state index in [0.717, 1.165) is 27.7 Å². The molecule has 0 bridgehead atoms. The molecule has 2 aromatic carbocycles. The molecule has 0 fully saturated rings. The predicted molar refractivity (Wildman–Crippen MR) is 85.6 cm³/mol. The van der Waals surface area contributed by atoms with Crippen molar-refractivity contribution in [1.82, 2.24) is 20.3 Å². The van der Waals surface area contributed by atoms with Gasteiger partial charge in [0.05, 0.1) is 5.52 Å². The van der Waals surface area contributed by atoms with Crippen LogP contribution in [-0.4, -0.2) is 20.9 Å². The highest BCUT2D eigenvalue weighted by atomic mass is 16.1. The molecule has 0 aliphatic heterocycles. The highest BCUT2D eigenvalue weighted by Crippen LogP contribution is 2.13. The number of aryl methyl sites for hydroxylation is 3. The largest absolute Gasteiger partial charge is 0.348 e. The van der Waals surface area contributed by atoms with Crippen molar-refractivity contribution in [3.63, 3.8) is 0 Å². The third-order valence-electron chi connectivity index (χ3n) is 3.75. The van der Waals surface area contributed by atoms with E-state index in [1.165, 1.54) is 0 Å². The van der Waals surface area contributed by atoms with Crippen molar-refractivity contribution in [3.8, 4) is 0 Å². The third kappa shape index (κ3) is 2.70. The zero-order chi connectivity index (χ0) is 15.7. The molecule has 1 aromatic heterocycles. The summed E-state index contributed by atoms with van der Waals surface area (Å²) < 4.78 is 1.73. The fourth-order valence-corrected chi connectivity index (χ4v) is 2.54. The molecule has 5 nitrogen and oxygen atoms in total. The molecule has 0 saturated carbocycles. The van der Waals surface area contributed by atoms with Gasteiger partial charge in [0.1, 0.15) is 5.52 Å². The predicted octanol–water partition coefficient (Wildman–Crippen LogP) is 2.52. The minimum atomic E-state index is -0.0586. The average Bonchev–Trinajstić information content (AvgIpc) is 2.86. The van der Waals surface area contributed by atoms with Crippen LogP contribution in [0.3, 0.4) is 0 Å². The topological polar surface area (TPSA) is 59.8 Å². The van der Waals surface area contributed by atoms with E-state index < -0.39 is 0 Å². The summed E-state index contributed by atoms with van der Waals surface area (Å²) in [5.74, 6) is -0.0586. The highest BCUT2D eigenvalue weighted by molar-refractivity contribution is 5.95. The van der Waals surface area contributed by atoms with Crippen LogP contribution in [0.4, 0.5) is 0 Å². The molecular weight excluding hydrogens is 276 g/mol. The number of hydrogen-bond acceptors (Lipinski definition) is 3. The van der Waals surface area contributed by atoms with E-state index in [9.17, 15) is 4.79 Å². The maximum absolute atomic E-state index is 12.3. The summed E-state index contributed by atoms with van der Waals surface area (Å²) in [6.45, 7) is 4.44. The molecule has 0 unspecified atom stereocenters. The number of carbonyl (C=O) groups excluding carboxylic acids is 1. The summed E-state index contributed by atoms with van der Waals surface area (Å²) in [6.07, 6.45) is 0. The Labute approximate surface area is 129 Å². The lowest BCUT2D eigenvalue weighted by atomic mass is 10.1. The molecule has 0 atom stereocenters. The van der Waals surface area contributed by atoms with Crippen LogP contribution in [0.2, 0.25) is 0 Å². The summed E-state index contributed by atoms with van der Waals surface area (Å²) in [6, 6.07) is 11.7. The van der Waals surface area contributed by atoms with Crippen molar-refractivity contribution in [2.75, 3.05) is 0 Å². The molecule has 0 spiro atoms. The van der Waals surface area contributed by atoms with E-state index in [0.29, 0.717) is 12.1 Å². The van der Waals surface area contributed by atoms with Crippen LogP contribution >= 0.6 is 0 Å². The molecule has 112 valence electrons. The number of rotatable bonds is 3. The van der Waals surface area contributed by atoms with Crippen molar-refractivity contribution in [1.29, 1.82) is 0 Å². The molecule has 0 saturated heterocycles. The zero-order valence-corrected chi connectivity index (χ0v) is 12.9.